The van der Waals surface area contributed by atoms with Gasteiger partial charge >= 0.3 is 0 Å². The van der Waals surface area contributed by atoms with Crippen molar-refractivity contribution in [1.82, 2.24) is 14.9 Å². The maximum absolute atomic E-state index is 13.8. The highest BCUT2D eigenvalue weighted by atomic mass is 35.5. The van der Waals surface area contributed by atoms with E-state index in [-0.39, 0.29) is 11.7 Å². The molecule has 152 valence electrons. The van der Waals surface area contributed by atoms with Gasteiger partial charge in [0.25, 0.3) is 0 Å². The Hall–Kier alpha value is -3.38. The number of aromatic nitrogens is 2. The summed E-state index contributed by atoms with van der Waals surface area (Å²) in [5.74, 6) is 0.650. The minimum absolute atomic E-state index is 0.329. The lowest BCUT2D eigenvalue weighted by Gasteiger charge is -2.19. The number of halogens is 2. The van der Waals surface area contributed by atoms with Gasteiger partial charge < -0.3 is 14.6 Å². The summed E-state index contributed by atoms with van der Waals surface area (Å²) in [7, 11) is 1.82. The van der Waals surface area contributed by atoms with E-state index in [0.717, 1.165) is 16.9 Å². The fraction of sp³-hybridized carbons (Fsp3) is 0.130. The van der Waals surface area contributed by atoms with Crippen LogP contribution >= 0.6 is 11.6 Å². The highest BCUT2D eigenvalue weighted by Crippen LogP contribution is 2.29. The van der Waals surface area contributed by atoms with Crippen LogP contribution in [-0.4, -0.2) is 22.1 Å². The van der Waals surface area contributed by atoms with Crippen LogP contribution in [0, 0.1) is 5.82 Å². The Morgan fingerprint density at radius 1 is 1.33 bits per heavy atom. The third-order valence-corrected chi connectivity index (χ3v) is 4.98. The normalized spacial score (nSPS) is 14.0. The molecule has 30 heavy (non-hydrogen) atoms. The van der Waals surface area contributed by atoms with Crippen LogP contribution in [0.15, 0.2) is 72.6 Å². The Balaban J connectivity index is 1.54. The van der Waals surface area contributed by atoms with Crippen molar-refractivity contribution in [3.63, 3.8) is 0 Å². The second kappa shape index (κ2) is 8.55. The van der Waals surface area contributed by atoms with Crippen LogP contribution in [0.1, 0.15) is 23.0 Å². The number of ether oxygens (including phenoxy) is 1. The molecule has 0 fully saturated rings. The quantitative estimate of drug-likeness (QED) is 0.617. The lowest BCUT2D eigenvalue weighted by atomic mass is 10.1. The molecular formula is C23H19ClFN3O2. The molecule has 5 nitrogen and oxygen atoms in total. The average Bonchev–Trinajstić information content (AvgIpc) is 3.15. The maximum Gasteiger partial charge on any atom is 0.244 e. The first-order chi connectivity index (χ1) is 14.5. The van der Waals surface area contributed by atoms with Crippen LogP contribution < -0.4 is 10.1 Å². The summed E-state index contributed by atoms with van der Waals surface area (Å²) in [6, 6.07) is 10.9. The molecule has 1 N–H and O–H groups in total. The topological polar surface area (TPSA) is 56.2 Å². The van der Waals surface area contributed by atoms with E-state index < -0.39 is 6.04 Å². The van der Waals surface area contributed by atoms with E-state index in [1.165, 1.54) is 18.2 Å². The first kappa shape index (κ1) is 19.9. The number of benzene rings is 2. The molecular weight excluding hydrogens is 405 g/mol. The van der Waals surface area contributed by atoms with E-state index in [2.05, 4.69) is 10.3 Å². The SMILES string of the molecule is Cn1ccnc1C(NC(=O)/C=C/C1=Cc2cc(Cl)ccc2OC1)c1cccc(F)c1. The summed E-state index contributed by atoms with van der Waals surface area (Å²) in [6.07, 6.45) is 8.46. The summed E-state index contributed by atoms with van der Waals surface area (Å²) in [5, 5.41) is 3.52. The molecule has 1 aliphatic heterocycles. The number of nitrogens with one attached hydrogen (secondary N) is 1. The van der Waals surface area contributed by atoms with Gasteiger partial charge in [-0.15, -0.1) is 0 Å². The van der Waals surface area contributed by atoms with E-state index in [4.69, 9.17) is 16.3 Å². The minimum Gasteiger partial charge on any atom is -0.488 e. The number of carbonyl (C=O) groups excluding carboxylic acids is 1. The summed E-state index contributed by atoms with van der Waals surface area (Å²) in [6.45, 7) is 0.352. The van der Waals surface area contributed by atoms with E-state index >= 15 is 0 Å². The lowest BCUT2D eigenvalue weighted by Crippen LogP contribution is -2.29. The van der Waals surface area contributed by atoms with Gasteiger partial charge in [0.1, 0.15) is 30.0 Å². The van der Waals surface area contributed by atoms with E-state index in [0.29, 0.717) is 23.0 Å². The number of amides is 1. The first-order valence-corrected chi connectivity index (χ1v) is 9.71. The van der Waals surface area contributed by atoms with E-state index in [1.54, 1.807) is 41.2 Å². The molecule has 0 bridgehead atoms. The highest BCUT2D eigenvalue weighted by Gasteiger charge is 2.20. The van der Waals surface area contributed by atoms with Gasteiger partial charge in [-0.1, -0.05) is 29.8 Å². The van der Waals surface area contributed by atoms with Crippen molar-refractivity contribution < 1.29 is 13.9 Å². The van der Waals surface area contributed by atoms with Crippen molar-refractivity contribution in [3.05, 3.63) is 100 Å². The molecule has 3 aromatic rings. The zero-order valence-corrected chi connectivity index (χ0v) is 16.9. The predicted molar refractivity (Wildman–Crippen MR) is 114 cm³/mol. The Labute approximate surface area is 178 Å². The van der Waals surface area contributed by atoms with Gasteiger partial charge in [-0.05, 0) is 47.5 Å². The summed E-state index contributed by atoms with van der Waals surface area (Å²) < 4.78 is 21.2. The van der Waals surface area contributed by atoms with Crippen molar-refractivity contribution in [2.75, 3.05) is 6.61 Å². The molecule has 0 radical (unpaired) electrons. The van der Waals surface area contributed by atoms with Gasteiger partial charge in [-0.3, -0.25) is 4.79 Å². The Kier molecular flexibility index (Phi) is 5.68. The number of hydrogen-bond donors (Lipinski definition) is 1. The van der Waals surface area contributed by atoms with Gasteiger partial charge in [0.15, 0.2) is 0 Å². The van der Waals surface area contributed by atoms with Crippen LogP contribution in [0.25, 0.3) is 6.08 Å². The van der Waals surface area contributed by atoms with Crippen molar-refractivity contribution >= 4 is 23.6 Å². The molecule has 7 heteroatoms. The first-order valence-electron chi connectivity index (χ1n) is 9.34. The summed E-state index contributed by atoms with van der Waals surface area (Å²) in [4.78, 5) is 17.0. The minimum atomic E-state index is -0.589. The zero-order chi connectivity index (χ0) is 21.1. The number of fused-ring (bicyclic) bond motifs is 1. The third-order valence-electron chi connectivity index (χ3n) is 4.74. The second-order valence-electron chi connectivity index (χ2n) is 6.92. The predicted octanol–water partition coefficient (Wildman–Crippen LogP) is 4.45. The van der Waals surface area contributed by atoms with Gasteiger partial charge in [0.2, 0.25) is 5.91 Å². The molecule has 0 saturated heterocycles. The number of nitrogens with zero attached hydrogens (tertiary/aromatic N) is 2. The molecule has 1 unspecified atom stereocenters. The van der Waals surface area contributed by atoms with Crippen molar-refractivity contribution in [2.45, 2.75) is 6.04 Å². The van der Waals surface area contributed by atoms with Crippen molar-refractivity contribution in [2.24, 2.45) is 7.05 Å². The molecule has 1 aliphatic rings. The molecule has 4 rings (SSSR count). The smallest absolute Gasteiger partial charge is 0.244 e. The van der Waals surface area contributed by atoms with Crippen LogP contribution in [-0.2, 0) is 11.8 Å². The molecule has 2 aromatic carbocycles. The largest absolute Gasteiger partial charge is 0.488 e. The number of carbonyl (C=O) groups is 1. The second-order valence-corrected chi connectivity index (χ2v) is 7.35. The standard InChI is InChI=1S/C23H19ClFN3O2/c1-28-10-9-26-23(28)22(16-3-2-4-19(25)13-16)27-21(29)8-5-15-11-17-12-18(24)6-7-20(17)30-14-15/h2-13,22H,14H2,1H3,(H,27,29)/b8-5+. The van der Waals surface area contributed by atoms with Crippen LogP contribution in [0.2, 0.25) is 5.02 Å². The van der Waals surface area contributed by atoms with E-state index in [1.807, 2.05) is 25.3 Å². The molecule has 0 aliphatic carbocycles. The number of rotatable bonds is 5. The van der Waals surface area contributed by atoms with E-state index in [9.17, 15) is 9.18 Å². The van der Waals surface area contributed by atoms with Gasteiger partial charge in [-0.25, -0.2) is 9.37 Å². The number of hydrogen-bond acceptors (Lipinski definition) is 3. The van der Waals surface area contributed by atoms with Crippen LogP contribution in [0.4, 0.5) is 4.39 Å². The van der Waals surface area contributed by atoms with Crippen LogP contribution in [0.3, 0.4) is 0 Å². The van der Waals surface area contributed by atoms with Crippen LogP contribution in [0.5, 0.6) is 5.75 Å². The maximum atomic E-state index is 13.8. The lowest BCUT2D eigenvalue weighted by molar-refractivity contribution is -0.117. The average molecular weight is 424 g/mol. The fourth-order valence-electron chi connectivity index (χ4n) is 3.27. The molecule has 1 aromatic heterocycles. The summed E-state index contributed by atoms with van der Waals surface area (Å²) in [5.41, 5.74) is 2.30. The number of imidazole rings is 1. The highest BCUT2D eigenvalue weighted by molar-refractivity contribution is 6.30. The van der Waals surface area contributed by atoms with Gasteiger partial charge in [-0.2, -0.15) is 0 Å². The molecule has 1 amide bonds. The third kappa shape index (κ3) is 4.44. The Morgan fingerprint density at radius 2 is 2.20 bits per heavy atom. The molecule has 0 saturated carbocycles. The van der Waals surface area contributed by atoms with Crippen molar-refractivity contribution in [3.8, 4) is 5.75 Å². The van der Waals surface area contributed by atoms with Gasteiger partial charge in [0.05, 0.1) is 0 Å². The monoisotopic (exact) mass is 423 g/mol. The Morgan fingerprint density at radius 3 is 2.97 bits per heavy atom. The van der Waals surface area contributed by atoms with Crippen molar-refractivity contribution in [1.29, 1.82) is 0 Å². The Bertz CT molecular complexity index is 1150. The van der Waals surface area contributed by atoms with Gasteiger partial charge in [0, 0.05) is 36.1 Å². The summed E-state index contributed by atoms with van der Waals surface area (Å²) >= 11 is 6.04. The zero-order valence-electron chi connectivity index (χ0n) is 16.2. The number of aryl methyl sites for hydroxylation is 1. The molecule has 0 spiro atoms. The molecule has 2 heterocycles. The fourth-order valence-corrected chi connectivity index (χ4v) is 3.45. The molecule has 1 atom stereocenters.